The predicted octanol–water partition coefficient (Wildman–Crippen LogP) is 1.73. The summed E-state index contributed by atoms with van der Waals surface area (Å²) in [5.74, 6) is 1.06. The van der Waals surface area contributed by atoms with Crippen molar-refractivity contribution in [1.29, 1.82) is 5.26 Å². The van der Waals surface area contributed by atoms with Gasteiger partial charge in [0.05, 0.1) is 25.2 Å². The van der Waals surface area contributed by atoms with Crippen molar-refractivity contribution in [2.75, 3.05) is 25.4 Å². The van der Waals surface area contributed by atoms with E-state index >= 15 is 0 Å². The van der Waals surface area contributed by atoms with E-state index in [1.807, 2.05) is 19.9 Å². The fourth-order valence-electron chi connectivity index (χ4n) is 2.64. The topological polar surface area (TPSA) is 41.1 Å². The Morgan fingerprint density at radius 1 is 1.32 bits per heavy atom. The molecule has 1 aromatic heterocycles. The third-order valence-corrected chi connectivity index (χ3v) is 4.66. The molecule has 4 heteroatoms. The summed E-state index contributed by atoms with van der Waals surface area (Å²) in [6.45, 7) is 7.80. The van der Waals surface area contributed by atoms with Gasteiger partial charge in [-0.15, -0.1) is 0 Å². The van der Waals surface area contributed by atoms with Gasteiger partial charge in [0, 0.05) is 11.4 Å². The second-order valence-electron chi connectivity index (χ2n) is 5.28. The molecule has 0 aliphatic carbocycles. The highest BCUT2D eigenvalue weighted by atomic mass is 32.2. The highest BCUT2D eigenvalue weighted by Gasteiger charge is 2.14. The predicted molar refractivity (Wildman–Crippen MR) is 78.6 cm³/mol. The van der Waals surface area contributed by atoms with Crippen molar-refractivity contribution in [2.24, 2.45) is 0 Å². The molecule has 1 N–H and O–H groups in total. The molecule has 0 unspecified atom stereocenters. The lowest BCUT2D eigenvalue weighted by Crippen LogP contribution is -3.13. The highest BCUT2D eigenvalue weighted by Crippen LogP contribution is 2.22. The van der Waals surface area contributed by atoms with Gasteiger partial charge >= 0.3 is 0 Å². The number of piperidine rings is 1. The Bertz CT molecular complexity index is 473. The van der Waals surface area contributed by atoms with E-state index in [2.05, 4.69) is 11.1 Å². The van der Waals surface area contributed by atoms with Gasteiger partial charge in [0.25, 0.3) is 0 Å². The zero-order valence-electron chi connectivity index (χ0n) is 11.8. The van der Waals surface area contributed by atoms with Crippen molar-refractivity contribution in [3.05, 3.63) is 22.9 Å². The summed E-state index contributed by atoms with van der Waals surface area (Å²) in [5, 5.41) is 10.1. The Labute approximate surface area is 120 Å². The minimum absolute atomic E-state index is 0.754. The van der Waals surface area contributed by atoms with Crippen LogP contribution in [0, 0.1) is 25.2 Å². The summed E-state index contributed by atoms with van der Waals surface area (Å²) in [4.78, 5) is 6.23. The molecule has 19 heavy (non-hydrogen) atoms. The Morgan fingerprint density at radius 3 is 2.74 bits per heavy atom. The summed E-state index contributed by atoms with van der Waals surface area (Å²) >= 11 is 1.74. The maximum Gasteiger partial charge on any atom is 0.115 e. The second kappa shape index (κ2) is 6.93. The molecule has 1 saturated heterocycles. The summed E-state index contributed by atoms with van der Waals surface area (Å²) in [7, 11) is 0. The fourth-order valence-corrected chi connectivity index (χ4v) is 3.78. The lowest BCUT2D eigenvalue weighted by atomic mass is 10.1. The first-order chi connectivity index (χ1) is 9.20. The van der Waals surface area contributed by atoms with Crippen LogP contribution in [0.3, 0.4) is 0 Å². The summed E-state index contributed by atoms with van der Waals surface area (Å²) in [5.41, 5.74) is 2.80. The lowest BCUT2D eigenvalue weighted by molar-refractivity contribution is -0.902. The van der Waals surface area contributed by atoms with Crippen LogP contribution in [0.5, 0.6) is 0 Å². The molecule has 1 aliphatic heterocycles. The van der Waals surface area contributed by atoms with Gasteiger partial charge in [0.1, 0.15) is 11.1 Å². The van der Waals surface area contributed by atoms with Crippen LogP contribution < -0.4 is 4.90 Å². The van der Waals surface area contributed by atoms with Crippen molar-refractivity contribution in [3.8, 4) is 6.07 Å². The monoisotopic (exact) mass is 276 g/mol. The molecule has 0 bridgehead atoms. The summed E-state index contributed by atoms with van der Waals surface area (Å²) < 4.78 is 0. The highest BCUT2D eigenvalue weighted by molar-refractivity contribution is 7.99. The number of thioether (sulfide) groups is 1. The molecular formula is C15H22N3S+. The van der Waals surface area contributed by atoms with E-state index in [4.69, 9.17) is 0 Å². The molecule has 0 radical (unpaired) electrons. The number of pyridine rings is 1. The van der Waals surface area contributed by atoms with Crippen LogP contribution in [0.25, 0.3) is 0 Å². The number of likely N-dealkylation sites (tertiary alicyclic amines) is 1. The molecular weight excluding hydrogens is 254 g/mol. The number of aromatic nitrogens is 1. The van der Waals surface area contributed by atoms with Crippen molar-refractivity contribution < 1.29 is 4.90 Å². The molecule has 1 aromatic rings. The first-order valence-electron chi connectivity index (χ1n) is 7.05. The largest absolute Gasteiger partial charge is 0.334 e. The average molecular weight is 276 g/mol. The number of nitrogens with zero attached hydrogens (tertiary/aromatic N) is 2. The van der Waals surface area contributed by atoms with Crippen molar-refractivity contribution in [1.82, 2.24) is 4.98 Å². The number of rotatable bonds is 4. The maximum absolute atomic E-state index is 9.23. The van der Waals surface area contributed by atoms with Crippen LogP contribution in [0.15, 0.2) is 11.1 Å². The first-order valence-corrected chi connectivity index (χ1v) is 8.04. The SMILES string of the molecule is Cc1cc(C)c(C#N)c(SCC[NH+]2CCCCC2)n1. The Hall–Kier alpha value is -1.05. The fraction of sp³-hybridized carbons (Fsp3) is 0.600. The van der Waals surface area contributed by atoms with E-state index in [0.717, 1.165) is 27.6 Å². The summed E-state index contributed by atoms with van der Waals surface area (Å²) in [6.07, 6.45) is 4.13. The van der Waals surface area contributed by atoms with E-state index < -0.39 is 0 Å². The number of hydrogen-bond acceptors (Lipinski definition) is 3. The Kier molecular flexibility index (Phi) is 5.24. The van der Waals surface area contributed by atoms with Gasteiger partial charge in [0.15, 0.2) is 0 Å². The molecule has 1 fully saturated rings. The molecule has 0 atom stereocenters. The van der Waals surface area contributed by atoms with E-state index in [0.29, 0.717) is 0 Å². The summed E-state index contributed by atoms with van der Waals surface area (Å²) in [6, 6.07) is 4.27. The molecule has 0 aromatic carbocycles. The third kappa shape index (κ3) is 3.95. The minimum atomic E-state index is 0.754. The Balaban J connectivity index is 1.93. The van der Waals surface area contributed by atoms with Crippen LogP contribution in [0.4, 0.5) is 0 Å². The first kappa shape index (κ1) is 14.4. The Morgan fingerprint density at radius 2 is 2.05 bits per heavy atom. The van der Waals surface area contributed by atoms with Crippen LogP contribution in [-0.4, -0.2) is 30.4 Å². The molecule has 0 amide bonds. The van der Waals surface area contributed by atoms with Gasteiger partial charge in [-0.25, -0.2) is 4.98 Å². The lowest BCUT2D eigenvalue weighted by Gasteiger charge is -2.23. The number of aryl methyl sites for hydroxylation is 2. The van der Waals surface area contributed by atoms with Crippen molar-refractivity contribution in [2.45, 2.75) is 38.1 Å². The molecule has 0 saturated carbocycles. The number of quaternary nitrogens is 1. The molecule has 2 heterocycles. The number of nitrogens with one attached hydrogen (secondary N) is 1. The van der Waals surface area contributed by atoms with Gasteiger partial charge in [-0.1, -0.05) is 11.8 Å². The van der Waals surface area contributed by atoms with Gasteiger partial charge in [-0.05, 0) is 44.7 Å². The quantitative estimate of drug-likeness (QED) is 0.852. The molecule has 2 rings (SSSR count). The molecule has 102 valence electrons. The van der Waals surface area contributed by atoms with Crippen LogP contribution in [0.2, 0.25) is 0 Å². The van der Waals surface area contributed by atoms with Gasteiger partial charge in [-0.2, -0.15) is 5.26 Å². The van der Waals surface area contributed by atoms with Crippen LogP contribution >= 0.6 is 11.8 Å². The molecule has 3 nitrogen and oxygen atoms in total. The van der Waals surface area contributed by atoms with E-state index in [-0.39, 0.29) is 0 Å². The zero-order chi connectivity index (χ0) is 13.7. The normalized spacial score (nSPS) is 16.3. The van der Waals surface area contributed by atoms with Crippen molar-refractivity contribution in [3.63, 3.8) is 0 Å². The van der Waals surface area contributed by atoms with Gasteiger partial charge < -0.3 is 4.90 Å². The third-order valence-electron chi connectivity index (χ3n) is 3.68. The second-order valence-corrected chi connectivity index (χ2v) is 6.37. The standard InChI is InChI=1S/C15H21N3S/c1-12-10-13(2)17-15(14(12)11-16)19-9-8-18-6-4-3-5-7-18/h10H,3-9H2,1-2H3/p+1. The number of nitriles is 1. The van der Waals surface area contributed by atoms with E-state index in [9.17, 15) is 5.26 Å². The van der Waals surface area contributed by atoms with Crippen molar-refractivity contribution >= 4 is 11.8 Å². The number of hydrogen-bond donors (Lipinski definition) is 1. The van der Waals surface area contributed by atoms with E-state index in [1.165, 1.54) is 38.9 Å². The van der Waals surface area contributed by atoms with E-state index in [1.54, 1.807) is 16.7 Å². The van der Waals surface area contributed by atoms with Crippen LogP contribution in [0.1, 0.15) is 36.1 Å². The van der Waals surface area contributed by atoms with Gasteiger partial charge in [-0.3, -0.25) is 0 Å². The average Bonchev–Trinajstić information content (AvgIpc) is 2.39. The maximum atomic E-state index is 9.23. The van der Waals surface area contributed by atoms with Crippen LogP contribution in [-0.2, 0) is 0 Å². The minimum Gasteiger partial charge on any atom is -0.334 e. The zero-order valence-corrected chi connectivity index (χ0v) is 12.6. The molecule has 1 aliphatic rings. The smallest absolute Gasteiger partial charge is 0.115 e. The molecule has 0 spiro atoms. The van der Waals surface area contributed by atoms with Gasteiger partial charge in [0.2, 0.25) is 0 Å².